The maximum atomic E-state index is 13.7. The number of hydrogen-bond donors (Lipinski definition) is 1. The molecule has 1 N–H and O–H groups in total. The average molecular weight is 324 g/mol. The van der Waals surface area contributed by atoms with E-state index in [1.54, 1.807) is 20.8 Å². The van der Waals surface area contributed by atoms with Crippen molar-refractivity contribution >= 4 is 22.8 Å². The average Bonchev–Trinajstić information content (AvgIpc) is 2.28. The summed E-state index contributed by atoms with van der Waals surface area (Å²) in [6.07, 6.45) is -4.62. The van der Waals surface area contributed by atoms with Crippen molar-refractivity contribution in [3.63, 3.8) is 0 Å². The summed E-state index contributed by atoms with van der Waals surface area (Å²) >= 11 is -1.62. The first-order valence-corrected chi connectivity index (χ1v) is 7.13. The Labute approximate surface area is 123 Å². The molecule has 0 amide bonds. The van der Waals surface area contributed by atoms with E-state index in [1.165, 1.54) is 12.2 Å². The molecule has 0 aliphatic rings. The van der Waals surface area contributed by atoms with Gasteiger partial charge in [0.15, 0.2) is 0 Å². The van der Waals surface area contributed by atoms with Crippen molar-refractivity contribution < 1.29 is 22.1 Å². The largest absolute Gasteiger partial charge is 0.591 e. The predicted octanol–water partition coefficient (Wildman–Crippen LogP) is 4.03. The molecule has 0 spiro atoms. The molecule has 0 saturated heterocycles. The molecule has 1 aromatic rings. The van der Waals surface area contributed by atoms with Gasteiger partial charge in [0, 0.05) is 11.3 Å². The zero-order valence-electron chi connectivity index (χ0n) is 12.0. The normalized spacial score (nSPS) is 15.0. The minimum absolute atomic E-state index is 0.0755. The Balaban J connectivity index is 3.12. The van der Waals surface area contributed by atoms with Crippen molar-refractivity contribution in [3.05, 3.63) is 29.6 Å². The number of rotatable bonds is 3. The summed E-state index contributed by atoms with van der Waals surface area (Å²) < 4.78 is 65.6. The number of anilines is 1. The summed E-state index contributed by atoms with van der Waals surface area (Å²) in [5.41, 5.74) is -0.358. The van der Waals surface area contributed by atoms with Gasteiger partial charge in [0.1, 0.15) is 21.9 Å². The molecule has 0 heterocycles. The molecule has 0 saturated carbocycles. The molecule has 0 aliphatic heterocycles. The van der Waals surface area contributed by atoms with Crippen LogP contribution < -0.4 is 5.32 Å². The van der Waals surface area contributed by atoms with Gasteiger partial charge in [-0.25, -0.2) is 4.39 Å². The zero-order valence-corrected chi connectivity index (χ0v) is 12.8. The summed E-state index contributed by atoms with van der Waals surface area (Å²) in [5, 5.41) is 1.29. The summed E-state index contributed by atoms with van der Waals surface area (Å²) in [5.74, 6) is -0.727. The molecular formula is C13H16F4N2OS. The van der Waals surface area contributed by atoms with E-state index >= 15 is 0 Å². The quantitative estimate of drug-likeness (QED) is 0.395. The van der Waals surface area contributed by atoms with Gasteiger partial charge >= 0.3 is 6.30 Å². The third kappa shape index (κ3) is 5.55. The first-order chi connectivity index (χ1) is 9.40. The van der Waals surface area contributed by atoms with E-state index in [-0.39, 0.29) is 17.0 Å². The lowest BCUT2D eigenvalue weighted by atomic mass is 10.1. The van der Waals surface area contributed by atoms with Gasteiger partial charge < -0.3 is 4.55 Å². The minimum Gasteiger partial charge on any atom is -0.591 e. The minimum atomic E-state index is -4.62. The first kappa shape index (κ1) is 17.8. The van der Waals surface area contributed by atoms with E-state index in [0.717, 1.165) is 18.2 Å². The van der Waals surface area contributed by atoms with Crippen LogP contribution >= 0.6 is 0 Å². The van der Waals surface area contributed by atoms with E-state index < -0.39 is 28.2 Å². The Kier molecular flexibility index (Phi) is 5.27. The summed E-state index contributed by atoms with van der Waals surface area (Å²) in [7, 11) is 0. The van der Waals surface area contributed by atoms with Crippen LogP contribution in [-0.2, 0) is 11.4 Å². The number of benzene rings is 1. The van der Waals surface area contributed by atoms with Gasteiger partial charge in [-0.05, 0) is 45.9 Å². The van der Waals surface area contributed by atoms with Crippen molar-refractivity contribution in [1.29, 1.82) is 0 Å². The molecule has 1 aromatic carbocycles. The molecule has 3 nitrogen and oxygen atoms in total. The molecule has 8 heteroatoms. The summed E-state index contributed by atoms with van der Waals surface area (Å²) in [6.45, 7) is 6.48. The molecule has 1 atom stereocenters. The number of nitrogens with one attached hydrogen (secondary N) is 1. The smallest absolute Gasteiger partial charge is 0.482 e. The predicted molar refractivity (Wildman–Crippen MR) is 76.2 cm³/mol. The fraction of sp³-hybridized carbons (Fsp3) is 0.462. The molecule has 0 fully saturated rings. The highest BCUT2D eigenvalue weighted by atomic mass is 32.2. The summed E-state index contributed by atoms with van der Waals surface area (Å²) in [6, 6.07) is 2.87. The molecule has 0 bridgehead atoms. The Bertz CT molecular complexity index is 538. The van der Waals surface area contributed by atoms with E-state index in [4.69, 9.17) is 0 Å². The van der Waals surface area contributed by atoms with Crippen LogP contribution in [-0.4, -0.2) is 21.3 Å². The Morgan fingerprint density at radius 2 is 1.81 bits per heavy atom. The molecule has 118 valence electrons. The van der Waals surface area contributed by atoms with Gasteiger partial charge in [0.2, 0.25) is 0 Å². The molecule has 1 rings (SSSR count). The number of nitrogens with zero attached hydrogens (tertiary/aromatic N) is 1. The van der Waals surface area contributed by atoms with E-state index in [9.17, 15) is 22.1 Å². The monoisotopic (exact) mass is 324 g/mol. The second kappa shape index (κ2) is 6.23. The van der Waals surface area contributed by atoms with Gasteiger partial charge in [-0.3, -0.25) is 5.32 Å². The maximum Gasteiger partial charge on any atom is 0.482 e. The van der Waals surface area contributed by atoms with E-state index in [1.807, 2.05) is 0 Å². The Morgan fingerprint density at radius 3 is 2.29 bits per heavy atom. The van der Waals surface area contributed by atoms with Gasteiger partial charge in [0.05, 0.1) is 5.71 Å². The number of halogens is 4. The lowest BCUT2D eigenvalue weighted by Gasteiger charge is -2.19. The first-order valence-electron chi connectivity index (χ1n) is 6.02. The van der Waals surface area contributed by atoms with Crippen molar-refractivity contribution in [3.8, 4) is 0 Å². The molecular weight excluding hydrogens is 308 g/mol. The van der Waals surface area contributed by atoms with Crippen LogP contribution in [0.1, 0.15) is 33.3 Å². The Hall–Kier alpha value is -1.28. The van der Waals surface area contributed by atoms with Crippen molar-refractivity contribution in [2.45, 2.75) is 38.7 Å². The van der Waals surface area contributed by atoms with Crippen LogP contribution in [0.2, 0.25) is 0 Å². The van der Waals surface area contributed by atoms with Gasteiger partial charge in [0.25, 0.3) is 0 Å². The van der Waals surface area contributed by atoms with E-state index in [2.05, 4.69) is 4.40 Å². The topological polar surface area (TPSA) is 47.5 Å². The maximum absolute atomic E-state index is 13.7. The third-order valence-electron chi connectivity index (χ3n) is 2.39. The molecule has 0 aromatic heterocycles. The SMILES string of the molecule is CC(=N[S+]([O-])C(C)(C)C)c1cc(NC(F)(F)F)ccc1F. The Morgan fingerprint density at radius 1 is 1.24 bits per heavy atom. The van der Waals surface area contributed by atoms with Crippen LogP contribution in [0.3, 0.4) is 0 Å². The van der Waals surface area contributed by atoms with Gasteiger partial charge in [-0.1, -0.05) is 4.40 Å². The highest BCUT2D eigenvalue weighted by Gasteiger charge is 2.29. The second-order valence-corrected chi connectivity index (χ2v) is 7.26. The fourth-order valence-electron chi connectivity index (χ4n) is 1.35. The molecule has 1 unspecified atom stereocenters. The van der Waals surface area contributed by atoms with Crippen LogP contribution in [0.4, 0.5) is 23.2 Å². The fourth-order valence-corrected chi connectivity index (χ4v) is 1.98. The number of hydrogen-bond acceptors (Lipinski definition) is 3. The highest BCUT2D eigenvalue weighted by molar-refractivity contribution is 7.91. The van der Waals surface area contributed by atoms with Crippen LogP contribution in [0.15, 0.2) is 22.6 Å². The summed E-state index contributed by atoms with van der Waals surface area (Å²) in [4.78, 5) is 0. The second-order valence-electron chi connectivity index (χ2n) is 5.36. The molecule has 21 heavy (non-hydrogen) atoms. The van der Waals surface area contributed by atoms with Gasteiger partial charge in [-0.15, -0.1) is 0 Å². The lowest BCUT2D eigenvalue weighted by Crippen LogP contribution is -2.27. The van der Waals surface area contributed by atoms with Crippen LogP contribution in [0, 0.1) is 5.82 Å². The van der Waals surface area contributed by atoms with E-state index in [0.29, 0.717) is 0 Å². The zero-order chi connectivity index (χ0) is 16.4. The molecule has 0 aliphatic carbocycles. The number of alkyl halides is 3. The molecule has 0 radical (unpaired) electrons. The van der Waals surface area contributed by atoms with Crippen LogP contribution in [0.5, 0.6) is 0 Å². The van der Waals surface area contributed by atoms with Crippen LogP contribution in [0.25, 0.3) is 0 Å². The lowest BCUT2D eigenvalue weighted by molar-refractivity contribution is -0.0999. The highest BCUT2D eigenvalue weighted by Crippen LogP contribution is 2.24. The third-order valence-corrected chi connectivity index (χ3v) is 3.87. The van der Waals surface area contributed by atoms with Crippen molar-refractivity contribution in [2.24, 2.45) is 4.40 Å². The van der Waals surface area contributed by atoms with Crippen molar-refractivity contribution in [1.82, 2.24) is 0 Å². The van der Waals surface area contributed by atoms with Crippen molar-refractivity contribution in [2.75, 3.05) is 5.32 Å². The standard InChI is InChI=1S/C13H16F4N2OS/c1-8(19-21(20)12(2,3)4)10-7-9(5-6-11(10)14)18-13(15,16)17/h5-7,18H,1-4H3. The van der Waals surface area contributed by atoms with Gasteiger partial charge in [-0.2, -0.15) is 13.2 Å².